The Hall–Kier alpha value is -0.840. The second-order valence-electron chi connectivity index (χ2n) is 5.43. The predicted octanol–water partition coefficient (Wildman–Crippen LogP) is 6.20. The van der Waals surface area contributed by atoms with Gasteiger partial charge in [0.05, 0.1) is 18.2 Å². The molecule has 1 N–H and O–H groups in total. The van der Waals surface area contributed by atoms with Gasteiger partial charge in [-0.25, -0.2) is 0 Å². The topological polar surface area (TPSA) is 30.5 Å². The van der Waals surface area contributed by atoms with Crippen molar-refractivity contribution in [1.82, 2.24) is 5.32 Å². The van der Waals surface area contributed by atoms with E-state index in [9.17, 15) is 0 Å². The molecule has 2 rings (SSSR count). The van der Waals surface area contributed by atoms with Gasteiger partial charge < -0.3 is 14.8 Å². The van der Waals surface area contributed by atoms with Crippen LogP contribution in [0.1, 0.15) is 25.0 Å². The number of benzene rings is 2. The molecule has 0 aliphatic heterocycles. The maximum absolute atomic E-state index is 6.33. The van der Waals surface area contributed by atoms with Crippen LogP contribution in [0, 0.1) is 0 Å². The van der Waals surface area contributed by atoms with Crippen LogP contribution < -0.4 is 14.8 Å². The summed E-state index contributed by atoms with van der Waals surface area (Å²) in [4.78, 5) is 0. The number of ether oxygens (including phenoxy) is 2. The highest BCUT2D eigenvalue weighted by Gasteiger charge is 2.12. The van der Waals surface area contributed by atoms with Gasteiger partial charge in [0.25, 0.3) is 0 Å². The van der Waals surface area contributed by atoms with Crippen LogP contribution in [-0.2, 0) is 13.0 Å². The standard InChI is InChI=1S/C19H22Cl3NO2.ClH/c1-3-24-18-10-13(9-17(22)19(18)25-4-2)12-23-8-7-14-5-6-15(20)11-16(14)21;/h5-6,9-11,23H,3-4,7-8,12H2,1-2H3;1H. The van der Waals surface area contributed by atoms with E-state index in [1.54, 1.807) is 6.07 Å². The summed E-state index contributed by atoms with van der Waals surface area (Å²) >= 11 is 18.4. The molecule has 0 saturated carbocycles. The van der Waals surface area contributed by atoms with Crippen molar-refractivity contribution in [1.29, 1.82) is 0 Å². The van der Waals surface area contributed by atoms with Crippen LogP contribution in [0.3, 0.4) is 0 Å². The van der Waals surface area contributed by atoms with Crippen molar-refractivity contribution in [3.8, 4) is 11.5 Å². The molecular formula is C19H23Cl4NO2. The molecular weight excluding hydrogens is 416 g/mol. The van der Waals surface area contributed by atoms with Gasteiger partial charge in [0, 0.05) is 16.6 Å². The first-order valence-corrected chi connectivity index (χ1v) is 9.41. The van der Waals surface area contributed by atoms with Crippen LogP contribution in [0.4, 0.5) is 0 Å². The van der Waals surface area contributed by atoms with Crippen LogP contribution in [0.2, 0.25) is 15.1 Å². The van der Waals surface area contributed by atoms with Crippen molar-refractivity contribution in [2.75, 3.05) is 19.8 Å². The first kappa shape index (κ1) is 23.2. The second-order valence-corrected chi connectivity index (χ2v) is 6.68. The largest absolute Gasteiger partial charge is 0.490 e. The van der Waals surface area contributed by atoms with Crippen molar-refractivity contribution in [2.45, 2.75) is 26.8 Å². The molecule has 0 unspecified atom stereocenters. The number of hydrogen-bond acceptors (Lipinski definition) is 3. The molecule has 0 bridgehead atoms. The van der Waals surface area contributed by atoms with E-state index in [1.165, 1.54) is 0 Å². The molecule has 7 heteroatoms. The van der Waals surface area contributed by atoms with Crippen molar-refractivity contribution < 1.29 is 9.47 Å². The Morgan fingerprint density at radius 3 is 2.31 bits per heavy atom. The lowest BCUT2D eigenvalue weighted by molar-refractivity contribution is 0.287. The van der Waals surface area contributed by atoms with E-state index in [4.69, 9.17) is 44.3 Å². The summed E-state index contributed by atoms with van der Waals surface area (Å²) in [6, 6.07) is 9.43. The lowest BCUT2D eigenvalue weighted by atomic mass is 10.1. The Kier molecular flexibility index (Phi) is 10.5. The summed E-state index contributed by atoms with van der Waals surface area (Å²) in [6.45, 7) is 6.42. The van der Waals surface area contributed by atoms with Gasteiger partial charge in [-0.15, -0.1) is 12.4 Å². The molecule has 26 heavy (non-hydrogen) atoms. The molecule has 0 fully saturated rings. The van der Waals surface area contributed by atoms with Crippen molar-refractivity contribution >= 4 is 47.2 Å². The summed E-state index contributed by atoms with van der Waals surface area (Å²) in [6.07, 6.45) is 0.819. The van der Waals surface area contributed by atoms with E-state index < -0.39 is 0 Å². The van der Waals surface area contributed by atoms with E-state index >= 15 is 0 Å². The van der Waals surface area contributed by atoms with Gasteiger partial charge in [0.1, 0.15) is 0 Å². The van der Waals surface area contributed by atoms with E-state index in [-0.39, 0.29) is 12.4 Å². The zero-order valence-corrected chi connectivity index (χ0v) is 17.9. The third-order valence-electron chi connectivity index (χ3n) is 3.57. The highest BCUT2D eigenvalue weighted by molar-refractivity contribution is 6.35. The monoisotopic (exact) mass is 437 g/mol. The van der Waals surface area contributed by atoms with Crippen LogP contribution in [-0.4, -0.2) is 19.8 Å². The number of hydrogen-bond donors (Lipinski definition) is 1. The van der Waals surface area contributed by atoms with Gasteiger partial charge in [-0.1, -0.05) is 40.9 Å². The fourth-order valence-electron chi connectivity index (χ4n) is 2.45. The molecule has 144 valence electrons. The van der Waals surface area contributed by atoms with E-state index in [1.807, 2.05) is 38.1 Å². The molecule has 0 amide bonds. The maximum Gasteiger partial charge on any atom is 0.179 e. The Balaban J connectivity index is 0.00000338. The second kappa shape index (κ2) is 11.8. The van der Waals surface area contributed by atoms with Gasteiger partial charge in [0.2, 0.25) is 0 Å². The van der Waals surface area contributed by atoms with Crippen LogP contribution >= 0.6 is 47.2 Å². The molecule has 0 radical (unpaired) electrons. The fourth-order valence-corrected chi connectivity index (χ4v) is 3.24. The van der Waals surface area contributed by atoms with Gasteiger partial charge in [0.15, 0.2) is 11.5 Å². The normalized spacial score (nSPS) is 10.3. The average molecular weight is 439 g/mol. The minimum atomic E-state index is 0. The molecule has 0 heterocycles. The Morgan fingerprint density at radius 1 is 0.923 bits per heavy atom. The van der Waals surface area contributed by atoms with Crippen molar-refractivity contribution in [3.05, 3.63) is 56.5 Å². The van der Waals surface area contributed by atoms with Gasteiger partial charge in [-0.05, 0) is 62.2 Å². The first-order valence-electron chi connectivity index (χ1n) is 8.27. The molecule has 0 aromatic heterocycles. The molecule has 0 spiro atoms. The van der Waals surface area contributed by atoms with Crippen LogP contribution in [0.15, 0.2) is 30.3 Å². The van der Waals surface area contributed by atoms with Crippen LogP contribution in [0.25, 0.3) is 0 Å². The summed E-state index contributed by atoms with van der Waals surface area (Å²) < 4.78 is 11.2. The predicted molar refractivity (Wildman–Crippen MR) is 113 cm³/mol. The molecule has 0 aliphatic rings. The maximum atomic E-state index is 6.33. The Morgan fingerprint density at radius 2 is 1.65 bits per heavy atom. The third-order valence-corrected chi connectivity index (χ3v) is 4.44. The fraction of sp³-hybridized carbons (Fsp3) is 0.368. The van der Waals surface area contributed by atoms with Crippen molar-refractivity contribution in [3.63, 3.8) is 0 Å². The minimum absolute atomic E-state index is 0. The molecule has 2 aromatic carbocycles. The van der Waals surface area contributed by atoms with E-state index in [0.29, 0.717) is 46.3 Å². The highest BCUT2D eigenvalue weighted by Crippen LogP contribution is 2.36. The quantitative estimate of drug-likeness (QED) is 0.472. The molecule has 3 nitrogen and oxygen atoms in total. The number of nitrogens with one attached hydrogen (secondary N) is 1. The molecule has 0 aliphatic carbocycles. The summed E-state index contributed by atoms with van der Waals surface area (Å²) in [5.74, 6) is 1.28. The lowest BCUT2D eigenvalue weighted by Gasteiger charge is -2.15. The van der Waals surface area contributed by atoms with E-state index in [2.05, 4.69) is 5.32 Å². The van der Waals surface area contributed by atoms with Crippen molar-refractivity contribution in [2.24, 2.45) is 0 Å². The molecule has 0 atom stereocenters. The summed E-state index contributed by atoms with van der Waals surface area (Å²) in [5.41, 5.74) is 2.11. The molecule has 0 saturated heterocycles. The summed E-state index contributed by atoms with van der Waals surface area (Å²) in [5, 5.41) is 5.29. The van der Waals surface area contributed by atoms with Gasteiger partial charge in [-0.2, -0.15) is 0 Å². The number of rotatable bonds is 9. The zero-order valence-electron chi connectivity index (χ0n) is 14.8. The third kappa shape index (κ3) is 6.71. The average Bonchev–Trinajstić information content (AvgIpc) is 2.56. The van der Waals surface area contributed by atoms with Crippen LogP contribution in [0.5, 0.6) is 11.5 Å². The minimum Gasteiger partial charge on any atom is -0.490 e. The Bertz CT molecular complexity index is 710. The zero-order chi connectivity index (χ0) is 18.2. The molecule has 2 aromatic rings. The first-order chi connectivity index (χ1) is 12.0. The Labute approximate surface area is 176 Å². The highest BCUT2D eigenvalue weighted by atomic mass is 35.5. The van der Waals surface area contributed by atoms with Gasteiger partial charge in [-0.3, -0.25) is 0 Å². The summed E-state index contributed by atoms with van der Waals surface area (Å²) in [7, 11) is 0. The lowest BCUT2D eigenvalue weighted by Crippen LogP contribution is -2.17. The number of halogens is 4. The smallest absolute Gasteiger partial charge is 0.179 e. The van der Waals surface area contributed by atoms with E-state index in [0.717, 1.165) is 24.1 Å². The SMILES string of the molecule is CCOc1cc(CNCCc2ccc(Cl)cc2Cl)cc(Cl)c1OCC.Cl. The van der Waals surface area contributed by atoms with Gasteiger partial charge >= 0.3 is 0 Å².